The van der Waals surface area contributed by atoms with Gasteiger partial charge in [0.1, 0.15) is 0 Å². The van der Waals surface area contributed by atoms with Crippen LogP contribution in [0.4, 0.5) is 0 Å². The number of aromatic amines is 1. The molecule has 1 rings (SSSR count). The smallest absolute Gasteiger partial charge is 0.311 e. The van der Waals surface area contributed by atoms with Gasteiger partial charge in [0.2, 0.25) is 0 Å². The van der Waals surface area contributed by atoms with Gasteiger partial charge in [-0.25, -0.2) is 4.79 Å². The van der Waals surface area contributed by atoms with E-state index in [0.29, 0.717) is 12.2 Å². The lowest BCUT2D eigenvalue weighted by Gasteiger charge is -2.18. The van der Waals surface area contributed by atoms with Crippen LogP contribution in [0.3, 0.4) is 0 Å². The van der Waals surface area contributed by atoms with Crippen LogP contribution >= 0.6 is 0 Å². The first kappa shape index (κ1) is 10.8. The zero-order valence-electron chi connectivity index (χ0n) is 9.05. The van der Waals surface area contributed by atoms with Gasteiger partial charge in [0.25, 0.3) is 5.56 Å². The van der Waals surface area contributed by atoms with E-state index in [2.05, 4.69) is 4.98 Å². The molecular weight excluding hydrogens is 180 g/mol. The monoisotopic (exact) mass is 196 g/mol. The number of nitrogens with one attached hydrogen (secondary N) is 1. The van der Waals surface area contributed by atoms with Crippen molar-refractivity contribution in [2.75, 3.05) is 0 Å². The van der Waals surface area contributed by atoms with Crippen LogP contribution < -0.4 is 11.2 Å². The van der Waals surface area contributed by atoms with Crippen molar-refractivity contribution in [3.8, 4) is 0 Å². The van der Waals surface area contributed by atoms with Crippen LogP contribution in [-0.4, -0.2) is 9.55 Å². The molecule has 1 heterocycles. The van der Waals surface area contributed by atoms with Crippen LogP contribution in [0.1, 0.15) is 26.5 Å². The SMILES string of the molecule is Cc1cc(=O)n(CC(C)(C)C)c(=O)[nH]1. The Balaban J connectivity index is 3.23. The lowest BCUT2D eigenvalue weighted by atomic mass is 9.97. The maximum absolute atomic E-state index is 11.5. The maximum Gasteiger partial charge on any atom is 0.328 e. The van der Waals surface area contributed by atoms with Crippen molar-refractivity contribution in [3.63, 3.8) is 0 Å². The van der Waals surface area contributed by atoms with Crippen LogP contribution in [0.15, 0.2) is 15.7 Å². The number of aromatic nitrogens is 2. The molecule has 0 atom stereocenters. The summed E-state index contributed by atoms with van der Waals surface area (Å²) in [5.74, 6) is 0. The molecule has 0 spiro atoms. The molecule has 0 unspecified atom stereocenters. The molecular formula is C10H16N2O2. The fourth-order valence-corrected chi connectivity index (χ4v) is 1.26. The van der Waals surface area contributed by atoms with E-state index < -0.39 is 0 Å². The highest BCUT2D eigenvalue weighted by atomic mass is 16.2. The Morgan fingerprint density at radius 2 is 1.93 bits per heavy atom. The lowest BCUT2D eigenvalue weighted by molar-refractivity contribution is 0.330. The predicted octanol–water partition coefficient (Wildman–Crippen LogP) is 0.891. The van der Waals surface area contributed by atoms with Crippen molar-refractivity contribution >= 4 is 0 Å². The molecule has 0 aromatic carbocycles. The molecule has 4 heteroatoms. The third kappa shape index (κ3) is 2.58. The van der Waals surface area contributed by atoms with Gasteiger partial charge in [-0.15, -0.1) is 0 Å². The number of rotatable bonds is 1. The third-order valence-corrected chi connectivity index (χ3v) is 1.79. The summed E-state index contributed by atoms with van der Waals surface area (Å²) in [5, 5.41) is 0. The zero-order chi connectivity index (χ0) is 10.9. The van der Waals surface area contributed by atoms with Gasteiger partial charge in [-0.2, -0.15) is 0 Å². The Hall–Kier alpha value is -1.32. The molecule has 0 saturated heterocycles. The summed E-state index contributed by atoms with van der Waals surface area (Å²) < 4.78 is 1.23. The van der Waals surface area contributed by atoms with Crippen LogP contribution in [0.5, 0.6) is 0 Å². The van der Waals surface area contributed by atoms with E-state index in [0.717, 1.165) is 0 Å². The third-order valence-electron chi connectivity index (χ3n) is 1.79. The average molecular weight is 196 g/mol. The molecule has 0 amide bonds. The lowest BCUT2D eigenvalue weighted by Crippen LogP contribution is -2.38. The van der Waals surface area contributed by atoms with E-state index in [1.807, 2.05) is 20.8 Å². The van der Waals surface area contributed by atoms with Crippen molar-refractivity contribution < 1.29 is 0 Å². The van der Waals surface area contributed by atoms with Gasteiger partial charge in [0, 0.05) is 18.3 Å². The Morgan fingerprint density at radius 3 is 2.36 bits per heavy atom. The Bertz CT molecular complexity index is 403. The number of aryl methyl sites for hydroxylation is 1. The molecule has 0 aliphatic carbocycles. The Labute approximate surface area is 82.6 Å². The first-order valence-electron chi connectivity index (χ1n) is 4.60. The van der Waals surface area contributed by atoms with E-state index in [-0.39, 0.29) is 16.7 Å². The minimum atomic E-state index is -0.329. The van der Waals surface area contributed by atoms with Crippen LogP contribution in [0, 0.1) is 12.3 Å². The van der Waals surface area contributed by atoms with Crippen molar-refractivity contribution in [1.29, 1.82) is 0 Å². The highest BCUT2D eigenvalue weighted by Gasteiger charge is 2.14. The largest absolute Gasteiger partial charge is 0.328 e. The number of nitrogens with zero attached hydrogens (tertiary/aromatic N) is 1. The van der Waals surface area contributed by atoms with E-state index in [4.69, 9.17) is 0 Å². The molecule has 0 radical (unpaired) electrons. The topological polar surface area (TPSA) is 54.9 Å². The fraction of sp³-hybridized carbons (Fsp3) is 0.600. The number of hydrogen-bond donors (Lipinski definition) is 1. The van der Waals surface area contributed by atoms with Gasteiger partial charge in [-0.1, -0.05) is 20.8 Å². The Kier molecular flexibility index (Phi) is 2.64. The zero-order valence-corrected chi connectivity index (χ0v) is 9.05. The summed E-state index contributed by atoms with van der Waals surface area (Å²) in [6.45, 7) is 8.09. The summed E-state index contributed by atoms with van der Waals surface area (Å²) in [6, 6.07) is 1.44. The minimum Gasteiger partial charge on any atom is -0.311 e. The van der Waals surface area contributed by atoms with Crippen molar-refractivity contribution in [1.82, 2.24) is 9.55 Å². The summed E-state index contributed by atoms with van der Waals surface area (Å²) in [4.78, 5) is 25.5. The number of H-pyrrole nitrogens is 1. The summed E-state index contributed by atoms with van der Waals surface area (Å²) in [5.41, 5.74) is -0.0391. The van der Waals surface area contributed by atoms with E-state index >= 15 is 0 Å². The molecule has 1 aromatic heterocycles. The maximum atomic E-state index is 11.5. The van der Waals surface area contributed by atoms with Crippen LogP contribution in [-0.2, 0) is 6.54 Å². The quantitative estimate of drug-likeness (QED) is 0.725. The normalized spacial score (nSPS) is 11.7. The molecule has 14 heavy (non-hydrogen) atoms. The molecule has 0 aliphatic rings. The summed E-state index contributed by atoms with van der Waals surface area (Å²) in [7, 11) is 0. The van der Waals surface area contributed by atoms with E-state index in [1.165, 1.54) is 10.6 Å². The van der Waals surface area contributed by atoms with Gasteiger partial charge in [-0.3, -0.25) is 9.36 Å². The van der Waals surface area contributed by atoms with Crippen molar-refractivity contribution in [2.24, 2.45) is 5.41 Å². The van der Waals surface area contributed by atoms with Crippen LogP contribution in [0.25, 0.3) is 0 Å². The first-order valence-corrected chi connectivity index (χ1v) is 4.60. The van der Waals surface area contributed by atoms with Crippen molar-refractivity contribution in [3.05, 3.63) is 32.6 Å². The summed E-state index contributed by atoms with van der Waals surface area (Å²) in [6.07, 6.45) is 0. The molecule has 1 aromatic rings. The predicted molar refractivity (Wildman–Crippen MR) is 55.5 cm³/mol. The van der Waals surface area contributed by atoms with E-state index in [9.17, 15) is 9.59 Å². The number of hydrogen-bond acceptors (Lipinski definition) is 2. The average Bonchev–Trinajstić information content (AvgIpc) is 1.95. The molecule has 78 valence electrons. The van der Waals surface area contributed by atoms with Crippen LogP contribution in [0.2, 0.25) is 0 Å². The van der Waals surface area contributed by atoms with Gasteiger partial charge in [0.15, 0.2) is 0 Å². The van der Waals surface area contributed by atoms with Gasteiger partial charge in [0.05, 0.1) is 0 Å². The summed E-state index contributed by atoms with van der Waals surface area (Å²) >= 11 is 0. The first-order chi connectivity index (χ1) is 6.29. The molecule has 0 fully saturated rings. The van der Waals surface area contributed by atoms with Gasteiger partial charge >= 0.3 is 5.69 Å². The van der Waals surface area contributed by atoms with Gasteiger partial charge in [-0.05, 0) is 12.3 Å². The fourth-order valence-electron chi connectivity index (χ4n) is 1.26. The highest BCUT2D eigenvalue weighted by Crippen LogP contribution is 2.13. The molecule has 0 saturated carbocycles. The molecule has 4 nitrogen and oxygen atoms in total. The molecule has 0 aliphatic heterocycles. The molecule has 1 N–H and O–H groups in total. The van der Waals surface area contributed by atoms with Gasteiger partial charge < -0.3 is 4.98 Å². The molecule has 0 bridgehead atoms. The second-order valence-corrected chi connectivity index (χ2v) is 4.74. The highest BCUT2D eigenvalue weighted by molar-refractivity contribution is 4.96. The second-order valence-electron chi connectivity index (χ2n) is 4.74. The van der Waals surface area contributed by atoms with E-state index in [1.54, 1.807) is 6.92 Å². The minimum absolute atomic E-state index is 0.0773. The standard InChI is InChI=1S/C10H16N2O2/c1-7-5-8(13)12(9(14)11-7)6-10(2,3)4/h5H,6H2,1-4H3,(H,11,14). The second kappa shape index (κ2) is 3.44. The Morgan fingerprint density at radius 1 is 1.36 bits per heavy atom. The van der Waals surface area contributed by atoms with Crippen molar-refractivity contribution in [2.45, 2.75) is 34.2 Å².